The Bertz CT molecular complexity index is 693. The number of rotatable bonds is 6. The molecular formula is C19H23N3O3. The van der Waals surface area contributed by atoms with Gasteiger partial charge in [-0.3, -0.25) is 4.79 Å². The number of aromatic nitrogens is 1. The molecule has 25 heavy (non-hydrogen) atoms. The van der Waals surface area contributed by atoms with Gasteiger partial charge < -0.3 is 20.1 Å². The van der Waals surface area contributed by atoms with Crippen LogP contribution < -0.4 is 10.6 Å². The van der Waals surface area contributed by atoms with Crippen LogP contribution in [0.1, 0.15) is 22.3 Å². The van der Waals surface area contributed by atoms with Crippen molar-refractivity contribution in [1.82, 2.24) is 10.3 Å². The minimum Gasteiger partial charge on any atom is -0.379 e. The fraction of sp³-hybridized carbons (Fsp3) is 0.368. The molecule has 0 bridgehead atoms. The van der Waals surface area contributed by atoms with E-state index < -0.39 is 0 Å². The van der Waals surface area contributed by atoms with Crippen molar-refractivity contribution < 1.29 is 14.3 Å². The molecule has 2 heterocycles. The Morgan fingerprint density at radius 2 is 2.12 bits per heavy atom. The number of benzene rings is 1. The van der Waals surface area contributed by atoms with E-state index in [9.17, 15) is 4.79 Å². The number of amides is 1. The van der Waals surface area contributed by atoms with Crippen molar-refractivity contribution in [2.45, 2.75) is 25.2 Å². The van der Waals surface area contributed by atoms with Gasteiger partial charge in [-0.2, -0.15) is 0 Å². The van der Waals surface area contributed by atoms with Crippen LogP contribution in [-0.2, 0) is 16.1 Å². The van der Waals surface area contributed by atoms with E-state index in [0.29, 0.717) is 31.2 Å². The molecule has 0 unspecified atom stereocenters. The number of hydrogen-bond acceptors (Lipinski definition) is 5. The summed E-state index contributed by atoms with van der Waals surface area (Å²) in [6, 6.07) is 13.4. The molecule has 0 radical (unpaired) electrons. The second-order valence-corrected chi connectivity index (χ2v) is 5.93. The number of nitrogens with one attached hydrogen (secondary N) is 2. The SMILES string of the molecule is CNc1ncccc1C(=O)N[C@@H]1CCOC[C@H]1OCc1ccccc1. The molecule has 6 nitrogen and oxygen atoms in total. The molecule has 1 aromatic carbocycles. The van der Waals surface area contributed by atoms with Crippen LogP contribution in [0, 0.1) is 0 Å². The number of carbonyl (C=O) groups excluding carboxylic acids is 1. The van der Waals surface area contributed by atoms with E-state index in [1.807, 2.05) is 30.3 Å². The fourth-order valence-corrected chi connectivity index (χ4v) is 2.85. The van der Waals surface area contributed by atoms with Crippen LogP contribution in [0.25, 0.3) is 0 Å². The van der Waals surface area contributed by atoms with Crippen LogP contribution in [0.5, 0.6) is 0 Å². The molecule has 6 heteroatoms. The van der Waals surface area contributed by atoms with E-state index in [-0.39, 0.29) is 18.1 Å². The van der Waals surface area contributed by atoms with Gasteiger partial charge in [0, 0.05) is 19.9 Å². The second kappa shape index (κ2) is 8.60. The maximum Gasteiger partial charge on any atom is 0.255 e. The van der Waals surface area contributed by atoms with Crippen LogP contribution in [0.3, 0.4) is 0 Å². The van der Waals surface area contributed by atoms with Crippen molar-refractivity contribution in [2.24, 2.45) is 0 Å². The van der Waals surface area contributed by atoms with Crippen LogP contribution in [0.15, 0.2) is 48.7 Å². The highest BCUT2D eigenvalue weighted by molar-refractivity contribution is 5.98. The Hall–Kier alpha value is -2.44. The maximum absolute atomic E-state index is 12.6. The number of carbonyl (C=O) groups is 1. The summed E-state index contributed by atoms with van der Waals surface area (Å²) in [4.78, 5) is 16.8. The number of nitrogens with zero attached hydrogens (tertiary/aromatic N) is 1. The van der Waals surface area contributed by atoms with Gasteiger partial charge in [0.15, 0.2) is 0 Å². The maximum atomic E-state index is 12.6. The van der Waals surface area contributed by atoms with E-state index in [1.165, 1.54) is 0 Å². The minimum absolute atomic E-state index is 0.0881. The summed E-state index contributed by atoms with van der Waals surface area (Å²) in [5, 5.41) is 6.02. The average molecular weight is 341 g/mol. The molecule has 2 aromatic rings. The summed E-state index contributed by atoms with van der Waals surface area (Å²) in [7, 11) is 1.75. The summed E-state index contributed by atoms with van der Waals surface area (Å²) >= 11 is 0. The highest BCUT2D eigenvalue weighted by Crippen LogP contribution is 2.16. The lowest BCUT2D eigenvalue weighted by Crippen LogP contribution is -2.50. The molecule has 0 saturated carbocycles. The zero-order valence-electron chi connectivity index (χ0n) is 14.3. The van der Waals surface area contributed by atoms with E-state index in [0.717, 1.165) is 12.0 Å². The molecule has 1 aliphatic heterocycles. The van der Waals surface area contributed by atoms with E-state index in [4.69, 9.17) is 9.47 Å². The van der Waals surface area contributed by atoms with Gasteiger partial charge in [-0.1, -0.05) is 30.3 Å². The summed E-state index contributed by atoms with van der Waals surface area (Å²) in [5.74, 6) is 0.409. The second-order valence-electron chi connectivity index (χ2n) is 5.93. The summed E-state index contributed by atoms with van der Waals surface area (Å²) in [5.41, 5.74) is 1.63. The predicted octanol–water partition coefficient (Wildman–Crippen LogP) is 2.23. The largest absolute Gasteiger partial charge is 0.379 e. The van der Waals surface area contributed by atoms with Gasteiger partial charge in [-0.05, 0) is 24.1 Å². The number of pyridine rings is 1. The molecule has 2 atom stereocenters. The van der Waals surface area contributed by atoms with Crippen LogP contribution in [0.2, 0.25) is 0 Å². The lowest BCUT2D eigenvalue weighted by Gasteiger charge is -2.32. The molecule has 2 N–H and O–H groups in total. The van der Waals surface area contributed by atoms with Gasteiger partial charge >= 0.3 is 0 Å². The molecule has 1 aliphatic rings. The third-order valence-corrected chi connectivity index (χ3v) is 4.22. The topological polar surface area (TPSA) is 72.5 Å². The van der Waals surface area contributed by atoms with Crippen molar-refractivity contribution in [3.8, 4) is 0 Å². The van der Waals surface area contributed by atoms with E-state index in [1.54, 1.807) is 25.4 Å². The first kappa shape index (κ1) is 17.4. The van der Waals surface area contributed by atoms with Gasteiger partial charge in [0.25, 0.3) is 5.91 Å². The Morgan fingerprint density at radius 3 is 2.92 bits per heavy atom. The first-order valence-corrected chi connectivity index (χ1v) is 8.45. The van der Waals surface area contributed by atoms with Gasteiger partial charge in [0.05, 0.1) is 24.8 Å². The van der Waals surface area contributed by atoms with E-state index in [2.05, 4.69) is 15.6 Å². The fourth-order valence-electron chi connectivity index (χ4n) is 2.85. The van der Waals surface area contributed by atoms with E-state index >= 15 is 0 Å². The van der Waals surface area contributed by atoms with Gasteiger partial charge in [-0.25, -0.2) is 4.98 Å². The summed E-state index contributed by atoms with van der Waals surface area (Å²) in [6.07, 6.45) is 2.20. The van der Waals surface area contributed by atoms with Crippen LogP contribution in [0.4, 0.5) is 5.82 Å². The number of ether oxygens (including phenoxy) is 2. The normalized spacial score (nSPS) is 20.0. The molecular weight excluding hydrogens is 318 g/mol. The Morgan fingerprint density at radius 1 is 1.28 bits per heavy atom. The molecule has 1 aromatic heterocycles. The van der Waals surface area contributed by atoms with Crippen molar-refractivity contribution in [3.63, 3.8) is 0 Å². The average Bonchev–Trinajstić information content (AvgIpc) is 2.68. The zero-order chi connectivity index (χ0) is 17.5. The standard InChI is InChI=1S/C19H23N3O3/c1-20-18-15(8-5-10-21-18)19(23)22-16-9-11-24-13-17(16)25-12-14-6-3-2-4-7-14/h2-8,10,16-17H,9,11-13H2,1H3,(H,20,21)(H,22,23)/t16-,17-/m1/s1. The summed E-state index contributed by atoms with van der Waals surface area (Å²) in [6.45, 7) is 1.58. The molecule has 1 saturated heterocycles. The first-order valence-electron chi connectivity index (χ1n) is 8.45. The van der Waals surface area contributed by atoms with Crippen molar-refractivity contribution in [3.05, 3.63) is 59.8 Å². The minimum atomic E-state index is -0.174. The Labute approximate surface area is 147 Å². The summed E-state index contributed by atoms with van der Waals surface area (Å²) < 4.78 is 11.5. The van der Waals surface area contributed by atoms with Crippen molar-refractivity contribution in [1.29, 1.82) is 0 Å². The highest BCUT2D eigenvalue weighted by atomic mass is 16.5. The zero-order valence-corrected chi connectivity index (χ0v) is 14.3. The Balaban J connectivity index is 1.63. The number of anilines is 1. The number of hydrogen-bond donors (Lipinski definition) is 2. The first-order chi connectivity index (χ1) is 12.3. The molecule has 1 fully saturated rings. The molecule has 0 aliphatic carbocycles. The smallest absolute Gasteiger partial charge is 0.255 e. The predicted molar refractivity (Wildman–Crippen MR) is 95.5 cm³/mol. The van der Waals surface area contributed by atoms with Gasteiger partial charge in [0.1, 0.15) is 11.9 Å². The third-order valence-electron chi connectivity index (χ3n) is 4.22. The Kier molecular flexibility index (Phi) is 5.98. The lowest BCUT2D eigenvalue weighted by atomic mass is 10.1. The van der Waals surface area contributed by atoms with Crippen molar-refractivity contribution >= 4 is 11.7 Å². The monoisotopic (exact) mass is 341 g/mol. The molecule has 3 rings (SSSR count). The van der Waals surface area contributed by atoms with Crippen LogP contribution in [-0.4, -0.2) is 43.3 Å². The third kappa shape index (κ3) is 4.55. The quantitative estimate of drug-likeness (QED) is 0.843. The molecule has 132 valence electrons. The van der Waals surface area contributed by atoms with Crippen molar-refractivity contribution in [2.75, 3.05) is 25.6 Å². The molecule has 0 spiro atoms. The molecule has 1 amide bonds. The van der Waals surface area contributed by atoms with Gasteiger partial charge in [-0.15, -0.1) is 0 Å². The lowest BCUT2D eigenvalue weighted by molar-refractivity contribution is -0.0736. The van der Waals surface area contributed by atoms with Gasteiger partial charge in [0.2, 0.25) is 0 Å². The van der Waals surface area contributed by atoms with Crippen LogP contribution >= 0.6 is 0 Å². The highest BCUT2D eigenvalue weighted by Gasteiger charge is 2.29.